The third kappa shape index (κ3) is 5.60. The molecule has 1 saturated heterocycles. The smallest absolute Gasteiger partial charge is 0.290 e. The second kappa shape index (κ2) is 9.27. The first kappa shape index (κ1) is 20.4. The molecule has 3 amide bonds. The largest absolute Gasteiger partial charge is 0.483 e. The molecule has 3 rings (SSSR count). The summed E-state index contributed by atoms with van der Waals surface area (Å²) in [7, 11) is 0. The number of halogens is 2. The fraction of sp³-hybridized carbons (Fsp3) is 0.105. The molecule has 1 aliphatic rings. The summed E-state index contributed by atoms with van der Waals surface area (Å²) in [4.78, 5) is 35.1. The van der Waals surface area contributed by atoms with Crippen molar-refractivity contribution < 1.29 is 19.1 Å². The van der Waals surface area contributed by atoms with Crippen LogP contribution in [0.25, 0.3) is 6.08 Å². The average molecular weight is 482 g/mol. The van der Waals surface area contributed by atoms with Crippen molar-refractivity contribution in [3.8, 4) is 5.75 Å². The predicted octanol–water partition coefficient (Wildman–Crippen LogP) is 4.12. The van der Waals surface area contributed by atoms with Crippen LogP contribution in [0.3, 0.4) is 0 Å². The standard InChI is InChI=1S/C19H14BrClN2O4S/c20-14-7-12(8-16-18(25)23-19(26)28-16)3-6-15(14)27-10-17(24)22-9-11-1-4-13(21)5-2-11/h1-8H,9-10H2,(H,22,24)(H,23,25,26)/b16-8+. The molecule has 0 atom stereocenters. The number of nitrogens with one attached hydrogen (secondary N) is 2. The third-order valence-electron chi connectivity index (χ3n) is 3.66. The van der Waals surface area contributed by atoms with Gasteiger partial charge in [0, 0.05) is 11.6 Å². The molecule has 0 aromatic heterocycles. The maximum absolute atomic E-state index is 12.0. The van der Waals surface area contributed by atoms with Gasteiger partial charge in [0.25, 0.3) is 17.1 Å². The van der Waals surface area contributed by atoms with Crippen LogP contribution >= 0.6 is 39.3 Å². The van der Waals surface area contributed by atoms with Gasteiger partial charge in [0.1, 0.15) is 5.75 Å². The molecule has 2 N–H and O–H groups in total. The van der Waals surface area contributed by atoms with Crippen molar-refractivity contribution in [2.24, 2.45) is 0 Å². The summed E-state index contributed by atoms with van der Waals surface area (Å²) in [5.41, 5.74) is 1.65. The van der Waals surface area contributed by atoms with E-state index in [-0.39, 0.29) is 17.8 Å². The van der Waals surface area contributed by atoms with Gasteiger partial charge in [-0.05, 0) is 69.2 Å². The molecule has 9 heteroatoms. The molecule has 1 fully saturated rings. The number of carbonyl (C=O) groups is 3. The summed E-state index contributed by atoms with van der Waals surface area (Å²) in [5, 5.41) is 5.22. The Balaban J connectivity index is 1.54. The van der Waals surface area contributed by atoms with Crippen LogP contribution in [0.1, 0.15) is 11.1 Å². The number of amides is 3. The molecule has 0 aliphatic carbocycles. The van der Waals surface area contributed by atoms with Gasteiger partial charge in [0.15, 0.2) is 6.61 Å². The van der Waals surface area contributed by atoms with E-state index >= 15 is 0 Å². The van der Waals surface area contributed by atoms with E-state index in [1.165, 1.54) is 0 Å². The van der Waals surface area contributed by atoms with Crippen LogP contribution in [0.15, 0.2) is 51.8 Å². The highest BCUT2D eigenvalue weighted by atomic mass is 79.9. The molecule has 1 aliphatic heterocycles. The molecule has 144 valence electrons. The van der Waals surface area contributed by atoms with Crippen molar-refractivity contribution >= 4 is 62.4 Å². The highest BCUT2D eigenvalue weighted by Gasteiger charge is 2.24. The molecule has 0 bridgehead atoms. The Kier molecular flexibility index (Phi) is 6.77. The van der Waals surface area contributed by atoms with Crippen LogP contribution in [0.5, 0.6) is 5.75 Å². The van der Waals surface area contributed by atoms with Crippen molar-refractivity contribution in [3.63, 3.8) is 0 Å². The van der Waals surface area contributed by atoms with Crippen LogP contribution in [0.4, 0.5) is 4.79 Å². The lowest BCUT2D eigenvalue weighted by Gasteiger charge is -2.10. The molecule has 0 radical (unpaired) electrons. The van der Waals surface area contributed by atoms with E-state index in [4.69, 9.17) is 16.3 Å². The Morgan fingerprint density at radius 3 is 2.61 bits per heavy atom. The summed E-state index contributed by atoms with van der Waals surface area (Å²) in [6.07, 6.45) is 1.61. The zero-order valence-corrected chi connectivity index (χ0v) is 17.5. The summed E-state index contributed by atoms with van der Waals surface area (Å²) < 4.78 is 6.16. The van der Waals surface area contributed by atoms with E-state index in [1.54, 1.807) is 36.4 Å². The SMILES string of the molecule is O=C(COc1ccc(/C=C2/SC(=O)NC2=O)cc1Br)NCc1ccc(Cl)cc1. The lowest BCUT2D eigenvalue weighted by molar-refractivity contribution is -0.123. The number of carbonyl (C=O) groups excluding carboxylic acids is 3. The van der Waals surface area contributed by atoms with E-state index in [0.29, 0.717) is 26.7 Å². The van der Waals surface area contributed by atoms with E-state index in [0.717, 1.165) is 22.9 Å². The molecule has 0 spiro atoms. The molecular formula is C19H14BrClN2O4S. The van der Waals surface area contributed by atoms with Gasteiger partial charge in [-0.3, -0.25) is 19.7 Å². The zero-order chi connectivity index (χ0) is 20.1. The minimum absolute atomic E-state index is 0.139. The normalized spacial score (nSPS) is 14.9. The van der Waals surface area contributed by atoms with E-state index in [1.807, 2.05) is 12.1 Å². The molecule has 1 heterocycles. The summed E-state index contributed by atoms with van der Waals surface area (Å²) in [6.45, 7) is 0.241. The second-order valence-electron chi connectivity index (χ2n) is 5.73. The zero-order valence-electron chi connectivity index (χ0n) is 14.3. The van der Waals surface area contributed by atoms with Crippen molar-refractivity contribution in [2.75, 3.05) is 6.61 Å². The van der Waals surface area contributed by atoms with Gasteiger partial charge in [-0.15, -0.1) is 0 Å². The highest BCUT2D eigenvalue weighted by molar-refractivity contribution is 9.10. The predicted molar refractivity (Wildman–Crippen MR) is 112 cm³/mol. The Labute approximate surface area is 178 Å². The van der Waals surface area contributed by atoms with E-state index < -0.39 is 5.91 Å². The van der Waals surface area contributed by atoms with Crippen LogP contribution in [-0.4, -0.2) is 23.7 Å². The quantitative estimate of drug-likeness (QED) is 0.606. The van der Waals surface area contributed by atoms with Gasteiger partial charge in [-0.2, -0.15) is 0 Å². The van der Waals surface area contributed by atoms with Crippen molar-refractivity contribution in [3.05, 3.63) is 68.0 Å². The highest BCUT2D eigenvalue weighted by Crippen LogP contribution is 2.30. The third-order valence-corrected chi connectivity index (χ3v) is 5.34. The Morgan fingerprint density at radius 2 is 1.96 bits per heavy atom. The first-order valence-corrected chi connectivity index (χ1v) is 10.1. The average Bonchev–Trinajstić information content (AvgIpc) is 2.97. The Bertz CT molecular complexity index is 963. The number of hydrogen-bond acceptors (Lipinski definition) is 5. The van der Waals surface area contributed by atoms with Gasteiger partial charge < -0.3 is 10.1 Å². The molecule has 0 unspecified atom stereocenters. The maximum atomic E-state index is 12.0. The van der Waals surface area contributed by atoms with Crippen LogP contribution in [0, 0.1) is 0 Å². The first-order chi connectivity index (χ1) is 13.4. The summed E-state index contributed by atoms with van der Waals surface area (Å²) in [6, 6.07) is 12.4. The topological polar surface area (TPSA) is 84.5 Å². The second-order valence-corrected chi connectivity index (χ2v) is 8.04. The van der Waals surface area contributed by atoms with Gasteiger partial charge in [0.05, 0.1) is 9.38 Å². The molecule has 0 saturated carbocycles. The van der Waals surface area contributed by atoms with E-state index in [9.17, 15) is 14.4 Å². The number of benzene rings is 2. The fourth-order valence-corrected chi connectivity index (χ4v) is 3.61. The minimum Gasteiger partial charge on any atom is -0.483 e. The number of rotatable bonds is 6. The van der Waals surface area contributed by atoms with Crippen LogP contribution in [0.2, 0.25) is 5.02 Å². The lowest BCUT2D eigenvalue weighted by atomic mass is 10.2. The molecule has 2 aromatic carbocycles. The number of thioether (sulfide) groups is 1. The van der Waals surface area contributed by atoms with Crippen molar-refractivity contribution in [2.45, 2.75) is 6.54 Å². The van der Waals surface area contributed by atoms with E-state index in [2.05, 4.69) is 26.6 Å². The van der Waals surface area contributed by atoms with Gasteiger partial charge in [-0.1, -0.05) is 29.8 Å². The number of imide groups is 1. The summed E-state index contributed by atoms with van der Waals surface area (Å²) in [5.74, 6) is -0.183. The Morgan fingerprint density at radius 1 is 1.21 bits per heavy atom. The van der Waals surface area contributed by atoms with Crippen molar-refractivity contribution in [1.29, 1.82) is 0 Å². The monoisotopic (exact) mass is 480 g/mol. The van der Waals surface area contributed by atoms with Crippen molar-refractivity contribution in [1.82, 2.24) is 10.6 Å². The molecule has 28 heavy (non-hydrogen) atoms. The Hall–Kier alpha value is -2.29. The number of hydrogen-bond donors (Lipinski definition) is 2. The molecular weight excluding hydrogens is 468 g/mol. The van der Waals surface area contributed by atoms with Crippen LogP contribution in [-0.2, 0) is 16.1 Å². The van der Waals surface area contributed by atoms with Crippen LogP contribution < -0.4 is 15.4 Å². The maximum Gasteiger partial charge on any atom is 0.290 e. The van der Waals surface area contributed by atoms with Gasteiger partial charge >= 0.3 is 0 Å². The molecule has 2 aromatic rings. The lowest BCUT2D eigenvalue weighted by Crippen LogP contribution is -2.28. The van der Waals surface area contributed by atoms with Gasteiger partial charge in [-0.25, -0.2) is 0 Å². The first-order valence-electron chi connectivity index (χ1n) is 8.09. The summed E-state index contributed by atoms with van der Waals surface area (Å²) >= 11 is 10.1. The number of ether oxygens (including phenoxy) is 1. The minimum atomic E-state index is -0.413. The fourth-order valence-electron chi connectivity index (χ4n) is 2.29. The molecule has 6 nitrogen and oxygen atoms in total. The van der Waals surface area contributed by atoms with Gasteiger partial charge in [0.2, 0.25) is 0 Å².